The first kappa shape index (κ1) is 111. The van der Waals surface area contributed by atoms with Crippen molar-refractivity contribution in [2.75, 3.05) is 124 Å². The summed E-state index contributed by atoms with van der Waals surface area (Å²) >= 11 is 0. The molecule has 33 heteroatoms. The molecule has 9 saturated heterocycles. The van der Waals surface area contributed by atoms with E-state index in [0.717, 1.165) is 130 Å². The van der Waals surface area contributed by atoms with Crippen molar-refractivity contribution in [1.82, 2.24) is 0 Å². The van der Waals surface area contributed by atoms with E-state index in [1.807, 2.05) is 18.2 Å². The van der Waals surface area contributed by atoms with Gasteiger partial charge >= 0.3 is 23.9 Å². The smallest absolute Gasteiger partial charge is 0.335 e. The summed E-state index contributed by atoms with van der Waals surface area (Å²) in [6.45, 7) is 21.1. The normalized spacial score (nSPS) is 20.9. The first-order valence-electron chi connectivity index (χ1n) is 34.1. The molecule has 5 radical (unpaired) electrons. The minimum absolute atomic E-state index is 0. The van der Waals surface area contributed by atoms with Gasteiger partial charge in [-0.2, -0.15) is 23.0 Å². The molecule has 1 aliphatic carbocycles. The second kappa shape index (κ2) is 77.5. The Labute approximate surface area is 646 Å². The number of carboxylic acid groups (broad SMARTS) is 4. The SMILES string of the molecule is C1=CC[N-]C=C1.C1CC[N-]CC1.C1CC[N-]CC1.C1CC[N-]CC1.C1CC[N-]CC1.C1CC[N-]CC1.C1CC[N-]CC1.C1CC[N-]CC1.C1CC[N-]CC1.C1CC[N-]CC1.O.O.O=C(O)C1CC(C(=O)O)CC(S(=O)(=O)O)C1.O=C(O)c1cc(C(=O)O)cc(S(=O)(=O)O)c1.[Cu].[Cu].[Cu].[Cu].[Cu]. The standard InChI is InChI=1S/C8H12O7S.C8H6O7S.9C5H10N.C5H6N.5Cu.2H2O/c2*9-7(10)4-1-5(8(11)12)3-6(2-4)16(13,14)15;10*1-2-4-6-5-3-1;;;;;;;/h4-6H,1-3H2,(H,9,10)(H,11,12)(H,13,14,15);1-3H,(H,9,10)(H,11,12)(H,13,14,15);9*1-5H2;1-4H,5H2;;;;;;2*1H2/q;;10*-1;;;;;;;. The number of nitrogens with zero attached hydrogens (tertiary/aromatic N) is 10. The first-order valence-corrected chi connectivity index (χ1v) is 37.1. The first-order chi connectivity index (χ1) is 44.4. The summed E-state index contributed by atoms with van der Waals surface area (Å²) in [6, 6.07) is 2.13. The van der Waals surface area contributed by atoms with Crippen LogP contribution in [0.25, 0.3) is 53.2 Å². The number of carboxylic acids is 4. The molecule has 26 nitrogen and oxygen atoms in total. The molecule has 0 spiro atoms. The second-order valence-electron chi connectivity index (χ2n) is 23.5. The van der Waals surface area contributed by atoms with Crippen LogP contribution in [0.3, 0.4) is 0 Å². The Hall–Kier alpha value is -1.64. The van der Waals surface area contributed by atoms with Crippen LogP contribution >= 0.6 is 0 Å². The summed E-state index contributed by atoms with van der Waals surface area (Å²) in [7, 11) is -9.03. The quantitative estimate of drug-likeness (QED) is 0.114. The van der Waals surface area contributed by atoms with E-state index in [-0.39, 0.29) is 116 Å². The molecule has 1 saturated carbocycles. The third kappa shape index (κ3) is 70.4. The molecular formula is C66H118Cu5N10O16S2-10. The molecule has 10 heterocycles. The van der Waals surface area contributed by atoms with Gasteiger partial charge in [0.15, 0.2) is 0 Å². The van der Waals surface area contributed by atoms with E-state index in [1.165, 1.54) is 173 Å². The molecular weight excluding hydrogens is 1570 g/mol. The zero-order chi connectivity index (χ0) is 67.4. The summed E-state index contributed by atoms with van der Waals surface area (Å²) in [4.78, 5) is 41.8. The average molecular weight is 1690 g/mol. The minimum Gasteiger partial charge on any atom is -0.687 e. The Balaban J connectivity index is -0.000000190. The number of carbonyl (C=O) groups is 4. The van der Waals surface area contributed by atoms with Crippen LogP contribution in [-0.2, 0) is 115 Å². The number of piperidine rings is 9. The summed E-state index contributed by atoms with van der Waals surface area (Å²) in [5, 5.41) is 74.9. The predicted octanol–water partition coefficient (Wildman–Crippen LogP) is 13.8. The summed E-state index contributed by atoms with van der Waals surface area (Å²) in [5.74, 6) is -7.54. The van der Waals surface area contributed by atoms with Crippen molar-refractivity contribution in [3.8, 4) is 0 Å². The summed E-state index contributed by atoms with van der Waals surface area (Å²) in [6.07, 6.45) is 43.8. The molecule has 0 amide bonds. The van der Waals surface area contributed by atoms with Gasteiger partial charge in [0.1, 0.15) is 0 Å². The van der Waals surface area contributed by atoms with E-state index in [4.69, 9.17) is 29.5 Å². The van der Waals surface area contributed by atoms with E-state index in [9.17, 15) is 36.0 Å². The topological polar surface area (TPSA) is 462 Å². The van der Waals surface area contributed by atoms with Gasteiger partial charge in [-0.3, -0.25) is 18.7 Å². The number of hydrogen-bond donors (Lipinski definition) is 6. The predicted molar refractivity (Wildman–Crippen MR) is 378 cm³/mol. The van der Waals surface area contributed by atoms with Crippen molar-refractivity contribution < 1.29 is 162 Å². The maximum Gasteiger partial charge on any atom is 0.335 e. The molecule has 0 aromatic heterocycles. The van der Waals surface area contributed by atoms with Crippen LogP contribution < -0.4 is 0 Å². The minimum atomic E-state index is -4.64. The Morgan fingerprint density at radius 3 is 0.657 bits per heavy atom. The largest absolute Gasteiger partial charge is 0.687 e. The fourth-order valence-corrected chi connectivity index (χ4v) is 11.4. The number of allylic oxidation sites excluding steroid dienone is 2. The average Bonchev–Trinajstić information content (AvgIpc) is 0.835. The van der Waals surface area contributed by atoms with Gasteiger partial charge in [-0.15, -0.1) is 130 Å². The van der Waals surface area contributed by atoms with E-state index < -0.39 is 77.2 Å². The van der Waals surface area contributed by atoms with Crippen molar-refractivity contribution >= 4 is 44.1 Å². The Morgan fingerprint density at radius 1 is 0.333 bits per heavy atom. The maximum atomic E-state index is 10.9. The number of benzene rings is 1. The molecule has 99 heavy (non-hydrogen) atoms. The van der Waals surface area contributed by atoms with Crippen LogP contribution in [0.15, 0.2) is 47.5 Å². The van der Waals surface area contributed by atoms with Crippen molar-refractivity contribution in [1.29, 1.82) is 0 Å². The molecule has 11 aliphatic rings. The molecule has 10 N–H and O–H groups in total. The van der Waals surface area contributed by atoms with Crippen molar-refractivity contribution in [3.05, 3.63) is 107 Å². The molecule has 12 rings (SSSR count). The Kier molecular flexibility index (Phi) is 86.6. The van der Waals surface area contributed by atoms with Gasteiger partial charge in [-0.1, -0.05) is 186 Å². The zero-order valence-corrected chi connectivity index (χ0v) is 64.0. The van der Waals surface area contributed by atoms with Gasteiger partial charge in [0.05, 0.1) is 33.1 Å². The molecule has 1 aromatic rings. The van der Waals surface area contributed by atoms with Gasteiger partial charge in [0, 0.05) is 85.3 Å². The van der Waals surface area contributed by atoms with Crippen LogP contribution in [0.4, 0.5) is 0 Å². The van der Waals surface area contributed by atoms with E-state index in [1.54, 1.807) is 6.20 Å². The van der Waals surface area contributed by atoms with Gasteiger partial charge < -0.3 is 84.5 Å². The molecule has 1 aromatic carbocycles. The number of aromatic carboxylic acids is 2. The molecule has 2 atom stereocenters. The van der Waals surface area contributed by atoms with Gasteiger partial charge in [-0.25, -0.2) is 9.59 Å². The molecule has 10 aliphatic heterocycles. The monoisotopic (exact) mass is 1690 g/mol. The van der Waals surface area contributed by atoms with Gasteiger partial charge in [0.25, 0.3) is 20.2 Å². The van der Waals surface area contributed by atoms with Gasteiger partial charge in [-0.05, 0) is 37.5 Å². The van der Waals surface area contributed by atoms with Crippen LogP contribution in [0.2, 0.25) is 0 Å². The van der Waals surface area contributed by atoms with Crippen LogP contribution in [0.5, 0.6) is 0 Å². The van der Waals surface area contributed by atoms with Crippen molar-refractivity contribution in [3.63, 3.8) is 0 Å². The molecule has 10 fully saturated rings. The third-order valence-electron chi connectivity index (χ3n) is 15.3. The Morgan fingerprint density at radius 2 is 0.556 bits per heavy atom. The van der Waals surface area contributed by atoms with E-state index in [2.05, 4.69) is 53.2 Å². The number of hydrogen-bond acceptors (Lipinski definition) is 8. The van der Waals surface area contributed by atoms with E-state index >= 15 is 0 Å². The fourth-order valence-electron chi connectivity index (χ4n) is 9.90. The van der Waals surface area contributed by atoms with Gasteiger partial charge in [0.2, 0.25) is 0 Å². The van der Waals surface area contributed by atoms with Crippen molar-refractivity contribution in [2.45, 2.75) is 203 Å². The number of aliphatic carboxylic acids is 2. The summed E-state index contributed by atoms with van der Waals surface area (Å²) in [5.41, 5.74) is -1.07. The van der Waals surface area contributed by atoms with Crippen LogP contribution in [-0.4, -0.2) is 211 Å². The Bertz CT molecular complexity index is 1960. The van der Waals surface area contributed by atoms with Crippen LogP contribution in [0, 0.1) is 11.8 Å². The van der Waals surface area contributed by atoms with E-state index in [0.29, 0.717) is 12.1 Å². The number of rotatable bonds is 6. The molecule has 0 bridgehead atoms. The maximum absolute atomic E-state index is 10.9. The van der Waals surface area contributed by atoms with Crippen LogP contribution in [0.1, 0.15) is 213 Å². The fraction of sp³-hybridized carbons (Fsp3) is 0.788. The van der Waals surface area contributed by atoms with Crippen molar-refractivity contribution in [2.24, 2.45) is 11.8 Å². The molecule has 2 unspecified atom stereocenters. The molecule has 605 valence electrons. The summed E-state index contributed by atoms with van der Waals surface area (Å²) < 4.78 is 60.8. The second-order valence-corrected chi connectivity index (χ2v) is 26.6. The third-order valence-corrected chi connectivity index (χ3v) is 17.4. The zero-order valence-electron chi connectivity index (χ0n) is 57.7.